The lowest BCUT2D eigenvalue weighted by molar-refractivity contribution is -0.140. The van der Waals surface area contributed by atoms with Gasteiger partial charge in [0.05, 0.1) is 18.9 Å². The van der Waals surface area contributed by atoms with Gasteiger partial charge in [-0.05, 0) is 18.6 Å². The molecule has 2 N–H and O–H groups in total. The first-order valence-corrected chi connectivity index (χ1v) is 6.09. The zero-order valence-corrected chi connectivity index (χ0v) is 11.0. The van der Waals surface area contributed by atoms with E-state index in [1.807, 2.05) is 0 Å². The van der Waals surface area contributed by atoms with Crippen molar-refractivity contribution in [3.05, 3.63) is 24.0 Å². The molecule has 2 heterocycles. The SMILES string of the molecule is COC(=O)CCCn1nc(-c2ccco2)c(C=O)c1N. The summed E-state index contributed by atoms with van der Waals surface area (Å²) in [7, 11) is 1.34. The number of methoxy groups -OCH3 is 1. The average molecular weight is 277 g/mol. The van der Waals surface area contributed by atoms with Crippen LogP contribution in [0.3, 0.4) is 0 Å². The van der Waals surface area contributed by atoms with Crippen LogP contribution in [0.15, 0.2) is 22.8 Å². The van der Waals surface area contributed by atoms with Crippen molar-refractivity contribution in [2.45, 2.75) is 19.4 Å². The fourth-order valence-electron chi connectivity index (χ4n) is 1.85. The molecule has 0 spiro atoms. The zero-order valence-electron chi connectivity index (χ0n) is 11.0. The first-order chi connectivity index (χ1) is 9.67. The van der Waals surface area contributed by atoms with Gasteiger partial charge >= 0.3 is 5.97 Å². The molecular formula is C13H15N3O4. The summed E-state index contributed by atoms with van der Waals surface area (Å²) < 4.78 is 11.3. The van der Waals surface area contributed by atoms with Crippen molar-refractivity contribution in [2.75, 3.05) is 12.8 Å². The molecule has 0 aliphatic rings. The van der Waals surface area contributed by atoms with E-state index in [-0.39, 0.29) is 23.8 Å². The number of carbonyl (C=O) groups excluding carboxylic acids is 2. The molecule has 0 saturated heterocycles. The van der Waals surface area contributed by atoms with Gasteiger partial charge in [0.25, 0.3) is 0 Å². The van der Waals surface area contributed by atoms with Crippen molar-refractivity contribution in [2.24, 2.45) is 0 Å². The Morgan fingerprint density at radius 3 is 3.00 bits per heavy atom. The Morgan fingerprint density at radius 1 is 1.60 bits per heavy atom. The van der Waals surface area contributed by atoms with Gasteiger partial charge < -0.3 is 14.9 Å². The third kappa shape index (κ3) is 2.71. The van der Waals surface area contributed by atoms with Crippen molar-refractivity contribution >= 4 is 18.1 Å². The molecule has 0 amide bonds. The molecular weight excluding hydrogens is 262 g/mol. The molecule has 0 aliphatic carbocycles. The monoisotopic (exact) mass is 277 g/mol. The van der Waals surface area contributed by atoms with Crippen LogP contribution in [0.5, 0.6) is 0 Å². The first kappa shape index (κ1) is 13.9. The number of hydrogen-bond acceptors (Lipinski definition) is 6. The van der Waals surface area contributed by atoms with Gasteiger partial charge in [0.15, 0.2) is 12.0 Å². The number of aryl methyl sites for hydroxylation is 1. The Balaban J connectivity index is 2.18. The Labute approximate surface area is 115 Å². The molecule has 0 radical (unpaired) electrons. The fourth-order valence-corrected chi connectivity index (χ4v) is 1.85. The van der Waals surface area contributed by atoms with Crippen molar-refractivity contribution in [1.82, 2.24) is 9.78 Å². The van der Waals surface area contributed by atoms with Crippen LogP contribution in [0.2, 0.25) is 0 Å². The number of aromatic nitrogens is 2. The van der Waals surface area contributed by atoms with Crippen molar-refractivity contribution in [3.63, 3.8) is 0 Å². The summed E-state index contributed by atoms with van der Waals surface area (Å²) in [6, 6.07) is 3.41. The molecule has 7 heteroatoms. The van der Waals surface area contributed by atoms with Crippen LogP contribution in [-0.4, -0.2) is 29.1 Å². The smallest absolute Gasteiger partial charge is 0.305 e. The quantitative estimate of drug-likeness (QED) is 0.634. The van der Waals surface area contributed by atoms with Gasteiger partial charge in [-0.25, -0.2) is 4.68 Å². The molecule has 106 valence electrons. The van der Waals surface area contributed by atoms with Crippen molar-refractivity contribution in [1.29, 1.82) is 0 Å². The Kier molecular flexibility index (Phi) is 4.19. The lowest BCUT2D eigenvalue weighted by Gasteiger charge is -2.03. The summed E-state index contributed by atoms with van der Waals surface area (Å²) in [6.07, 6.45) is 2.93. The predicted molar refractivity (Wildman–Crippen MR) is 71.0 cm³/mol. The van der Waals surface area contributed by atoms with Gasteiger partial charge in [-0.3, -0.25) is 9.59 Å². The minimum atomic E-state index is -0.294. The number of anilines is 1. The minimum Gasteiger partial charge on any atom is -0.469 e. The summed E-state index contributed by atoms with van der Waals surface area (Å²) in [5.41, 5.74) is 6.57. The van der Waals surface area contributed by atoms with Gasteiger partial charge in [0.2, 0.25) is 0 Å². The maximum Gasteiger partial charge on any atom is 0.305 e. The molecule has 0 atom stereocenters. The lowest BCUT2D eigenvalue weighted by Crippen LogP contribution is -2.08. The van der Waals surface area contributed by atoms with Crippen LogP contribution < -0.4 is 5.73 Å². The number of nitrogen functional groups attached to an aromatic ring is 1. The van der Waals surface area contributed by atoms with Crippen molar-refractivity contribution in [3.8, 4) is 11.5 Å². The number of ether oxygens (including phenoxy) is 1. The number of nitrogens with zero attached hydrogens (tertiary/aromatic N) is 2. The molecule has 0 unspecified atom stereocenters. The fraction of sp³-hybridized carbons (Fsp3) is 0.308. The largest absolute Gasteiger partial charge is 0.469 e. The maximum atomic E-state index is 11.1. The van der Waals surface area contributed by atoms with Gasteiger partial charge in [-0.15, -0.1) is 0 Å². The zero-order chi connectivity index (χ0) is 14.5. The van der Waals surface area contributed by atoms with Gasteiger partial charge in [0.1, 0.15) is 11.5 Å². The van der Waals surface area contributed by atoms with E-state index in [2.05, 4.69) is 9.84 Å². The van der Waals surface area contributed by atoms with E-state index in [1.54, 1.807) is 12.1 Å². The number of rotatable bonds is 6. The van der Waals surface area contributed by atoms with Crippen LogP contribution in [0, 0.1) is 0 Å². The number of aldehydes is 1. The van der Waals surface area contributed by atoms with E-state index in [0.29, 0.717) is 30.7 Å². The summed E-state index contributed by atoms with van der Waals surface area (Å²) in [5, 5.41) is 4.26. The Bertz CT molecular complexity index is 601. The van der Waals surface area contributed by atoms with Crippen LogP contribution in [0.4, 0.5) is 5.82 Å². The second-order valence-corrected chi connectivity index (χ2v) is 4.15. The number of furan rings is 1. The third-order valence-electron chi connectivity index (χ3n) is 2.88. The first-order valence-electron chi connectivity index (χ1n) is 6.09. The number of esters is 1. The summed E-state index contributed by atoms with van der Waals surface area (Å²) in [5.74, 6) is 0.444. The lowest BCUT2D eigenvalue weighted by atomic mass is 10.2. The highest BCUT2D eigenvalue weighted by atomic mass is 16.5. The number of carbonyl (C=O) groups is 2. The van der Waals surface area contributed by atoms with Gasteiger partial charge in [-0.2, -0.15) is 5.10 Å². The third-order valence-corrected chi connectivity index (χ3v) is 2.88. The maximum absolute atomic E-state index is 11.1. The van der Waals surface area contributed by atoms with Crippen LogP contribution in [0.25, 0.3) is 11.5 Å². The van der Waals surface area contributed by atoms with E-state index in [4.69, 9.17) is 10.2 Å². The predicted octanol–water partition coefficient (Wildman–Crippen LogP) is 1.49. The molecule has 2 aromatic heterocycles. The minimum absolute atomic E-state index is 0.260. The standard InChI is InChI=1S/C13H15N3O4/c1-19-11(18)5-2-6-16-13(14)9(8-17)12(15-16)10-4-3-7-20-10/h3-4,7-8H,2,5-6,14H2,1H3. The number of nitrogens with two attached hydrogens (primary N) is 1. The average Bonchev–Trinajstić information content (AvgIpc) is 3.07. The normalized spacial score (nSPS) is 10.4. The van der Waals surface area contributed by atoms with Crippen molar-refractivity contribution < 1.29 is 18.7 Å². The molecule has 0 aliphatic heterocycles. The number of hydrogen-bond donors (Lipinski definition) is 1. The summed E-state index contributed by atoms with van der Waals surface area (Å²) >= 11 is 0. The second-order valence-electron chi connectivity index (χ2n) is 4.15. The Hall–Kier alpha value is -2.57. The summed E-state index contributed by atoms with van der Waals surface area (Å²) in [6.45, 7) is 0.419. The van der Waals surface area contributed by atoms with Gasteiger partial charge in [0, 0.05) is 13.0 Å². The van der Waals surface area contributed by atoms with E-state index in [9.17, 15) is 9.59 Å². The highest BCUT2D eigenvalue weighted by Gasteiger charge is 2.18. The Morgan fingerprint density at radius 2 is 2.40 bits per heavy atom. The molecule has 0 saturated carbocycles. The topological polar surface area (TPSA) is 100 Å². The van der Waals surface area contributed by atoms with E-state index >= 15 is 0 Å². The van der Waals surface area contributed by atoms with Gasteiger partial charge in [-0.1, -0.05) is 0 Å². The summed E-state index contributed by atoms with van der Waals surface area (Å²) in [4.78, 5) is 22.2. The highest BCUT2D eigenvalue weighted by Crippen LogP contribution is 2.26. The molecule has 2 rings (SSSR count). The molecule has 7 nitrogen and oxygen atoms in total. The van der Waals surface area contributed by atoms with Crippen LogP contribution in [0.1, 0.15) is 23.2 Å². The molecule has 0 bridgehead atoms. The second kappa shape index (κ2) is 6.05. The molecule has 0 fully saturated rings. The van der Waals surface area contributed by atoms with E-state index < -0.39 is 0 Å². The van der Waals surface area contributed by atoms with E-state index in [1.165, 1.54) is 18.1 Å². The van der Waals surface area contributed by atoms with Crippen LogP contribution in [-0.2, 0) is 16.1 Å². The highest BCUT2D eigenvalue weighted by molar-refractivity contribution is 5.90. The molecule has 20 heavy (non-hydrogen) atoms. The molecule has 0 aromatic carbocycles. The molecule has 2 aromatic rings. The van der Waals surface area contributed by atoms with E-state index in [0.717, 1.165) is 0 Å². The van der Waals surface area contributed by atoms with Crippen LogP contribution >= 0.6 is 0 Å².